The van der Waals surface area contributed by atoms with Crippen LogP contribution in [0.1, 0.15) is 0 Å². The molecule has 2 aliphatic heterocycles. The largest absolute Gasteiger partial charge is 0.373 e. The third-order valence-electron chi connectivity index (χ3n) is 2.20. The lowest BCUT2D eigenvalue weighted by Gasteiger charge is -2.32. The number of hydrogen-bond acceptors (Lipinski definition) is 2. The molecule has 0 aromatic carbocycles. The molecule has 2 saturated heterocycles. The van der Waals surface area contributed by atoms with Crippen LogP contribution in [0.5, 0.6) is 0 Å². The topological polar surface area (TPSA) is 46.7 Å². The van der Waals surface area contributed by atoms with Crippen molar-refractivity contribution in [1.82, 2.24) is 10.6 Å². The first-order valence-corrected chi connectivity index (χ1v) is 4.46. The number of morpholine rings is 2. The molecule has 4 nitrogen and oxygen atoms in total. The van der Waals surface area contributed by atoms with Crippen LogP contribution < -0.4 is 10.6 Å². The summed E-state index contributed by atoms with van der Waals surface area (Å²) in [6.07, 6.45) is 0.311. The van der Waals surface area contributed by atoms with Crippen molar-refractivity contribution >= 4 is 0 Å². The highest BCUT2D eigenvalue weighted by Gasteiger charge is 2.27. The quantitative estimate of drug-likeness (QED) is 0.506. The Bertz CT molecular complexity index is 115. The average Bonchev–Trinajstić information content (AvgIpc) is 2.21. The first kappa shape index (κ1) is 8.44. The van der Waals surface area contributed by atoms with Crippen LogP contribution in [0.2, 0.25) is 0 Å². The molecule has 0 amide bonds. The van der Waals surface area contributed by atoms with Gasteiger partial charge in [0.2, 0.25) is 0 Å². The summed E-state index contributed by atoms with van der Waals surface area (Å²) in [6, 6.07) is 0. The molecule has 0 aromatic rings. The van der Waals surface area contributed by atoms with Crippen molar-refractivity contribution in [1.29, 1.82) is 0 Å². The summed E-state index contributed by atoms with van der Waals surface area (Å²) in [7, 11) is 0. The molecule has 0 N–H and O–H groups in total. The Morgan fingerprint density at radius 1 is 0.833 bits per heavy atom. The summed E-state index contributed by atoms with van der Waals surface area (Å²) in [5.74, 6) is 0. The van der Waals surface area contributed by atoms with Crippen molar-refractivity contribution in [2.45, 2.75) is 12.2 Å². The molecule has 12 heavy (non-hydrogen) atoms. The SMILES string of the molecule is C1COC(C2C[N]CCO2)C[N]1. The molecule has 0 spiro atoms. The van der Waals surface area contributed by atoms with Crippen LogP contribution in [-0.4, -0.2) is 51.6 Å². The fraction of sp³-hybridized carbons (Fsp3) is 1.00. The third kappa shape index (κ3) is 1.95. The van der Waals surface area contributed by atoms with E-state index in [0.29, 0.717) is 0 Å². The van der Waals surface area contributed by atoms with Gasteiger partial charge in [-0.15, -0.1) is 0 Å². The number of nitrogens with zero attached hydrogens (tertiary/aromatic N) is 2. The van der Waals surface area contributed by atoms with Crippen molar-refractivity contribution in [3.05, 3.63) is 0 Å². The molecule has 4 heteroatoms. The van der Waals surface area contributed by atoms with E-state index in [9.17, 15) is 0 Å². The van der Waals surface area contributed by atoms with Gasteiger partial charge in [0.15, 0.2) is 0 Å². The summed E-state index contributed by atoms with van der Waals surface area (Å²) in [5.41, 5.74) is 0. The molecule has 2 unspecified atom stereocenters. The number of ether oxygens (including phenoxy) is 2. The molecule has 0 saturated carbocycles. The van der Waals surface area contributed by atoms with Gasteiger partial charge in [0.05, 0.1) is 25.4 Å². The van der Waals surface area contributed by atoms with E-state index in [1.165, 1.54) is 0 Å². The highest BCUT2D eigenvalue weighted by Crippen LogP contribution is 2.09. The van der Waals surface area contributed by atoms with Crippen molar-refractivity contribution in [2.24, 2.45) is 0 Å². The van der Waals surface area contributed by atoms with Crippen molar-refractivity contribution in [3.8, 4) is 0 Å². The normalized spacial score (nSPS) is 38.0. The van der Waals surface area contributed by atoms with Gasteiger partial charge in [-0.25, -0.2) is 10.6 Å². The molecule has 68 valence electrons. The minimum absolute atomic E-state index is 0.155. The Kier molecular flexibility index (Phi) is 2.94. The maximum atomic E-state index is 5.54. The molecule has 2 aliphatic rings. The fourth-order valence-electron chi connectivity index (χ4n) is 1.53. The number of rotatable bonds is 1. The van der Waals surface area contributed by atoms with Crippen LogP contribution in [0.25, 0.3) is 0 Å². The summed E-state index contributed by atoms with van der Waals surface area (Å²) in [4.78, 5) is 0. The van der Waals surface area contributed by atoms with E-state index in [1.807, 2.05) is 0 Å². The maximum absolute atomic E-state index is 5.54. The number of hydrogen-bond donors (Lipinski definition) is 0. The Labute approximate surface area is 72.6 Å². The predicted octanol–water partition coefficient (Wildman–Crippen LogP) is -1.01. The summed E-state index contributed by atoms with van der Waals surface area (Å²) in [5, 5.41) is 8.57. The molecule has 2 fully saturated rings. The van der Waals surface area contributed by atoms with Gasteiger partial charge in [0, 0.05) is 26.2 Å². The lowest BCUT2D eigenvalue weighted by atomic mass is 10.1. The van der Waals surface area contributed by atoms with E-state index in [4.69, 9.17) is 9.47 Å². The zero-order valence-electron chi connectivity index (χ0n) is 7.11. The van der Waals surface area contributed by atoms with Crippen LogP contribution in [0, 0.1) is 0 Å². The molecular formula is C8H14N2O2. The molecule has 0 bridgehead atoms. The van der Waals surface area contributed by atoms with E-state index in [2.05, 4.69) is 10.6 Å². The highest BCUT2D eigenvalue weighted by molar-refractivity contribution is 4.80. The van der Waals surface area contributed by atoms with Crippen LogP contribution in [0.4, 0.5) is 0 Å². The second-order valence-electron chi connectivity index (χ2n) is 3.08. The molecule has 0 aromatic heterocycles. The summed E-state index contributed by atoms with van der Waals surface area (Å²) < 4.78 is 11.1. The molecule has 2 rings (SSSR count). The molecule has 2 heterocycles. The first-order valence-electron chi connectivity index (χ1n) is 4.46. The zero-order chi connectivity index (χ0) is 8.23. The van der Waals surface area contributed by atoms with E-state index in [0.717, 1.165) is 39.4 Å². The lowest BCUT2D eigenvalue weighted by molar-refractivity contribution is -0.0947. The van der Waals surface area contributed by atoms with Gasteiger partial charge in [-0.1, -0.05) is 0 Å². The van der Waals surface area contributed by atoms with E-state index in [-0.39, 0.29) is 12.2 Å². The second kappa shape index (κ2) is 4.18. The average molecular weight is 170 g/mol. The van der Waals surface area contributed by atoms with E-state index < -0.39 is 0 Å². The minimum Gasteiger partial charge on any atom is -0.373 e. The van der Waals surface area contributed by atoms with Crippen molar-refractivity contribution in [3.63, 3.8) is 0 Å². The lowest BCUT2D eigenvalue weighted by Crippen LogP contribution is -2.49. The van der Waals surface area contributed by atoms with Crippen LogP contribution >= 0.6 is 0 Å². The van der Waals surface area contributed by atoms with Gasteiger partial charge >= 0.3 is 0 Å². The molecule has 2 atom stereocenters. The Balaban J connectivity index is 1.80. The van der Waals surface area contributed by atoms with Gasteiger partial charge in [-0.05, 0) is 0 Å². The summed E-state index contributed by atoms with van der Waals surface area (Å²) in [6.45, 7) is 4.70. The second-order valence-corrected chi connectivity index (χ2v) is 3.08. The van der Waals surface area contributed by atoms with Crippen LogP contribution in [0.3, 0.4) is 0 Å². The predicted molar refractivity (Wildman–Crippen MR) is 43.2 cm³/mol. The van der Waals surface area contributed by atoms with Gasteiger partial charge < -0.3 is 9.47 Å². The van der Waals surface area contributed by atoms with E-state index in [1.54, 1.807) is 0 Å². The molecule has 0 aliphatic carbocycles. The molecule has 2 radical (unpaired) electrons. The third-order valence-corrected chi connectivity index (χ3v) is 2.20. The minimum atomic E-state index is 0.155. The maximum Gasteiger partial charge on any atom is 0.0991 e. The fourth-order valence-corrected chi connectivity index (χ4v) is 1.53. The Morgan fingerprint density at radius 2 is 1.33 bits per heavy atom. The van der Waals surface area contributed by atoms with Crippen LogP contribution in [0.15, 0.2) is 0 Å². The summed E-state index contributed by atoms with van der Waals surface area (Å²) >= 11 is 0. The van der Waals surface area contributed by atoms with Crippen molar-refractivity contribution in [2.75, 3.05) is 39.4 Å². The van der Waals surface area contributed by atoms with Crippen LogP contribution in [-0.2, 0) is 9.47 Å². The standard InChI is InChI=1S/C8H14N2O2/c1-3-11-7(5-9-1)8-6-10-2-4-12-8/h7-8H,1-6H2. The molecular weight excluding hydrogens is 156 g/mol. The van der Waals surface area contributed by atoms with Gasteiger partial charge in [0.1, 0.15) is 0 Å². The Hall–Kier alpha value is -0.160. The van der Waals surface area contributed by atoms with Gasteiger partial charge in [-0.3, -0.25) is 0 Å². The smallest absolute Gasteiger partial charge is 0.0991 e. The van der Waals surface area contributed by atoms with Crippen molar-refractivity contribution < 1.29 is 9.47 Å². The Morgan fingerprint density at radius 3 is 1.67 bits per heavy atom. The van der Waals surface area contributed by atoms with Gasteiger partial charge in [-0.2, -0.15) is 0 Å². The van der Waals surface area contributed by atoms with Gasteiger partial charge in [0.25, 0.3) is 0 Å². The van der Waals surface area contributed by atoms with E-state index >= 15 is 0 Å². The highest BCUT2D eigenvalue weighted by atomic mass is 16.5. The monoisotopic (exact) mass is 170 g/mol. The first-order chi connectivity index (χ1) is 5.97. The zero-order valence-corrected chi connectivity index (χ0v) is 7.11.